The fourth-order valence-electron chi connectivity index (χ4n) is 1.69. The van der Waals surface area contributed by atoms with Crippen LogP contribution in [-0.2, 0) is 14.8 Å². The van der Waals surface area contributed by atoms with Gasteiger partial charge in [-0.1, -0.05) is 12.1 Å². The van der Waals surface area contributed by atoms with Crippen LogP contribution >= 0.6 is 0 Å². The highest BCUT2D eigenvalue weighted by atomic mass is 32.2. The number of ether oxygens (including phenoxy) is 1. The van der Waals surface area contributed by atoms with Crippen molar-refractivity contribution in [2.24, 2.45) is 0 Å². The van der Waals surface area contributed by atoms with E-state index in [2.05, 4.69) is 10.0 Å². The quantitative estimate of drug-likeness (QED) is 0.765. The zero-order chi connectivity index (χ0) is 14.3. The summed E-state index contributed by atoms with van der Waals surface area (Å²) >= 11 is 0. The summed E-state index contributed by atoms with van der Waals surface area (Å²) in [5, 5.41) is 3.04. The molecule has 1 rings (SSSR count). The molecule has 0 aliphatic heterocycles. The molecule has 0 aliphatic rings. The molecule has 1 atom stereocenters. The summed E-state index contributed by atoms with van der Waals surface area (Å²) in [6.07, 6.45) is -0.147. The Labute approximate surface area is 115 Å². The third-order valence-electron chi connectivity index (χ3n) is 2.56. The highest BCUT2D eigenvalue weighted by Crippen LogP contribution is 2.20. The van der Waals surface area contributed by atoms with Crippen molar-refractivity contribution in [1.29, 1.82) is 0 Å². The molecule has 5 nitrogen and oxygen atoms in total. The van der Waals surface area contributed by atoms with Gasteiger partial charge in [0.1, 0.15) is 4.90 Å². The standard InChI is InChI=1S/C13H22N2O3S/c1-4-14-12-8-6-7-9-13(12)19(16,17)15-10-11(3)18-5-2/h6-9,11,14-15H,4-5,10H2,1-3H3. The second-order valence-electron chi connectivity index (χ2n) is 4.14. The van der Waals surface area contributed by atoms with Crippen LogP contribution in [0.15, 0.2) is 29.2 Å². The highest BCUT2D eigenvalue weighted by molar-refractivity contribution is 7.89. The van der Waals surface area contributed by atoms with Crippen molar-refractivity contribution < 1.29 is 13.2 Å². The monoisotopic (exact) mass is 286 g/mol. The minimum Gasteiger partial charge on any atom is -0.384 e. The van der Waals surface area contributed by atoms with E-state index < -0.39 is 10.0 Å². The van der Waals surface area contributed by atoms with E-state index in [1.54, 1.807) is 24.3 Å². The van der Waals surface area contributed by atoms with E-state index in [0.717, 1.165) is 0 Å². The summed E-state index contributed by atoms with van der Waals surface area (Å²) in [6.45, 7) is 7.14. The minimum atomic E-state index is -3.52. The zero-order valence-corrected chi connectivity index (χ0v) is 12.5. The zero-order valence-electron chi connectivity index (χ0n) is 11.6. The Morgan fingerprint density at radius 3 is 2.58 bits per heavy atom. The van der Waals surface area contributed by atoms with Gasteiger partial charge in [-0.25, -0.2) is 13.1 Å². The Kier molecular flexibility index (Phi) is 6.27. The van der Waals surface area contributed by atoms with E-state index in [-0.39, 0.29) is 17.5 Å². The highest BCUT2D eigenvalue weighted by Gasteiger charge is 2.18. The maximum atomic E-state index is 12.2. The first-order valence-electron chi connectivity index (χ1n) is 6.45. The fraction of sp³-hybridized carbons (Fsp3) is 0.538. The van der Waals surface area contributed by atoms with Crippen molar-refractivity contribution in [3.63, 3.8) is 0 Å². The Morgan fingerprint density at radius 1 is 1.26 bits per heavy atom. The van der Waals surface area contributed by atoms with E-state index >= 15 is 0 Å². The molecule has 0 amide bonds. The van der Waals surface area contributed by atoms with Gasteiger partial charge >= 0.3 is 0 Å². The summed E-state index contributed by atoms with van der Waals surface area (Å²) in [5.41, 5.74) is 0.613. The molecular formula is C13H22N2O3S. The SMILES string of the molecule is CCNc1ccccc1S(=O)(=O)NCC(C)OCC. The van der Waals surface area contributed by atoms with Crippen molar-refractivity contribution in [2.45, 2.75) is 31.8 Å². The van der Waals surface area contributed by atoms with Crippen LogP contribution in [0.4, 0.5) is 5.69 Å². The van der Waals surface area contributed by atoms with Crippen molar-refractivity contribution in [2.75, 3.05) is 25.0 Å². The summed E-state index contributed by atoms with van der Waals surface area (Å²) < 4.78 is 32.3. The first-order valence-corrected chi connectivity index (χ1v) is 7.93. The Balaban J connectivity index is 2.82. The number of nitrogens with one attached hydrogen (secondary N) is 2. The first-order chi connectivity index (χ1) is 9.01. The number of para-hydroxylation sites is 1. The predicted octanol–water partition coefficient (Wildman–Crippen LogP) is 1.82. The van der Waals surface area contributed by atoms with Crippen molar-refractivity contribution in [3.05, 3.63) is 24.3 Å². The van der Waals surface area contributed by atoms with Gasteiger partial charge in [0.15, 0.2) is 0 Å². The van der Waals surface area contributed by atoms with E-state index in [9.17, 15) is 8.42 Å². The lowest BCUT2D eigenvalue weighted by atomic mass is 10.3. The molecule has 6 heteroatoms. The lowest BCUT2D eigenvalue weighted by Gasteiger charge is -2.15. The molecule has 2 N–H and O–H groups in total. The van der Waals surface area contributed by atoms with Gasteiger partial charge in [0.05, 0.1) is 11.8 Å². The lowest BCUT2D eigenvalue weighted by molar-refractivity contribution is 0.0799. The molecule has 0 saturated heterocycles. The van der Waals surface area contributed by atoms with Crippen LogP contribution in [0.1, 0.15) is 20.8 Å². The molecule has 19 heavy (non-hydrogen) atoms. The number of rotatable bonds is 8. The molecule has 1 aromatic carbocycles. The molecule has 0 saturated carbocycles. The Hall–Kier alpha value is -1.11. The van der Waals surface area contributed by atoms with Crippen LogP contribution in [-0.4, -0.2) is 34.2 Å². The smallest absolute Gasteiger partial charge is 0.242 e. The summed E-state index contributed by atoms with van der Waals surface area (Å²) in [5.74, 6) is 0. The number of hydrogen-bond acceptors (Lipinski definition) is 4. The summed E-state index contributed by atoms with van der Waals surface area (Å²) in [4.78, 5) is 0.264. The summed E-state index contributed by atoms with van der Waals surface area (Å²) in [6, 6.07) is 6.86. The van der Waals surface area contributed by atoms with E-state index in [4.69, 9.17) is 4.74 Å². The second kappa shape index (κ2) is 7.47. The maximum absolute atomic E-state index is 12.2. The Bertz CT molecular complexity index is 488. The molecule has 0 aromatic heterocycles. The molecule has 1 unspecified atom stereocenters. The topological polar surface area (TPSA) is 67.4 Å². The molecule has 0 radical (unpaired) electrons. The minimum absolute atomic E-state index is 0.147. The largest absolute Gasteiger partial charge is 0.384 e. The number of sulfonamides is 1. The molecule has 108 valence electrons. The third-order valence-corrected chi connectivity index (χ3v) is 4.04. The summed E-state index contributed by atoms with van der Waals surface area (Å²) in [7, 11) is -3.52. The third kappa shape index (κ3) is 4.81. The molecule has 1 aromatic rings. The Morgan fingerprint density at radius 2 is 1.95 bits per heavy atom. The van der Waals surface area contributed by atoms with Gasteiger partial charge in [0.2, 0.25) is 10.0 Å². The van der Waals surface area contributed by atoms with E-state index in [0.29, 0.717) is 18.8 Å². The molecule has 0 spiro atoms. The normalized spacial score (nSPS) is 13.2. The number of hydrogen-bond donors (Lipinski definition) is 2. The maximum Gasteiger partial charge on any atom is 0.242 e. The average Bonchev–Trinajstić information content (AvgIpc) is 2.38. The molecule has 0 aliphatic carbocycles. The van der Waals surface area contributed by atoms with Crippen LogP contribution in [0.2, 0.25) is 0 Å². The fourth-order valence-corrected chi connectivity index (χ4v) is 2.98. The van der Waals surface area contributed by atoms with Gasteiger partial charge in [0, 0.05) is 19.7 Å². The number of anilines is 1. The van der Waals surface area contributed by atoms with Crippen molar-refractivity contribution >= 4 is 15.7 Å². The predicted molar refractivity (Wildman–Crippen MR) is 76.9 cm³/mol. The van der Waals surface area contributed by atoms with Crippen molar-refractivity contribution in [3.8, 4) is 0 Å². The molecule has 0 heterocycles. The van der Waals surface area contributed by atoms with Gasteiger partial charge in [0.25, 0.3) is 0 Å². The average molecular weight is 286 g/mol. The van der Waals surface area contributed by atoms with E-state index in [1.165, 1.54) is 0 Å². The van der Waals surface area contributed by atoms with Crippen LogP contribution in [0.25, 0.3) is 0 Å². The lowest BCUT2D eigenvalue weighted by Crippen LogP contribution is -2.32. The van der Waals surface area contributed by atoms with Crippen molar-refractivity contribution in [1.82, 2.24) is 4.72 Å². The van der Waals surface area contributed by atoms with Crippen LogP contribution in [0.3, 0.4) is 0 Å². The van der Waals surface area contributed by atoms with Crippen LogP contribution < -0.4 is 10.0 Å². The van der Waals surface area contributed by atoms with Gasteiger partial charge in [-0.3, -0.25) is 0 Å². The van der Waals surface area contributed by atoms with Gasteiger partial charge in [-0.15, -0.1) is 0 Å². The van der Waals surface area contributed by atoms with Crippen LogP contribution in [0, 0.1) is 0 Å². The molecule has 0 bridgehead atoms. The molecular weight excluding hydrogens is 264 g/mol. The van der Waals surface area contributed by atoms with E-state index in [1.807, 2.05) is 20.8 Å². The van der Waals surface area contributed by atoms with Gasteiger partial charge in [-0.05, 0) is 32.9 Å². The van der Waals surface area contributed by atoms with Crippen LogP contribution in [0.5, 0.6) is 0 Å². The molecule has 0 fully saturated rings. The van der Waals surface area contributed by atoms with Gasteiger partial charge < -0.3 is 10.1 Å². The second-order valence-corrected chi connectivity index (χ2v) is 5.88. The first kappa shape index (κ1) is 15.9. The number of benzene rings is 1. The van der Waals surface area contributed by atoms with Gasteiger partial charge in [-0.2, -0.15) is 0 Å².